The summed E-state index contributed by atoms with van der Waals surface area (Å²) in [6.45, 7) is 0. The number of esters is 1. The van der Waals surface area contributed by atoms with E-state index in [1.165, 1.54) is 13.2 Å². The summed E-state index contributed by atoms with van der Waals surface area (Å²) in [6.07, 6.45) is 0. The Balaban J connectivity index is 3.26. The third-order valence-electron chi connectivity index (χ3n) is 1.39. The van der Waals surface area contributed by atoms with E-state index >= 15 is 0 Å². The minimum Gasteiger partial charge on any atom is -0.465 e. The molecule has 0 radical (unpaired) electrons. The number of aromatic nitrogens is 1. The first-order chi connectivity index (χ1) is 6.17. The van der Waals surface area contributed by atoms with Crippen molar-refractivity contribution in [3.8, 4) is 6.07 Å². The topological polar surface area (TPSA) is 82.9 Å². The lowest BCUT2D eigenvalue weighted by Gasteiger charge is -1.97. The fourth-order valence-corrected chi connectivity index (χ4v) is 0.839. The lowest BCUT2D eigenvalue weighted by molar-refractivity contribution is 0.0600. The van der Waals surface area contributed by atoms with Crippen molar-refractivity contribution in [3.05, 3.63) is 33.7 Å². The molecule has 1 N–H and O–H groups in total. The van der Waals surface area contributed by atoms with Crippen LogP contribution in [0.1, 0.15) is 16.1 Å². The Morgan fingerprint density at radius 2 is 2.31 bits per heavy atom. The second-order valence-corrected chi connectivity index (χ2v) is 2.25. The number of nitrogens with one attached hydrogen (secondary N) is 1. The van der Waals surface area contributed by atoms with Gasteiger partial charge in [-0.15, -0.1) is 0 Å². The number of pyridine rings is 1. The van der Waals surface area contributed by atoms with Crippen LogP contribution >= 0.6 is 0 Å². The molecule has 0 aliphatic heterocycles. The van der Waals surface area contributed by atoms with E-state index in [1.54, 1.807) is 6.07 Å². The molecule has 0 aromatic carbocycles. The van der Waals surface area contributed by atoms with E-state index in [0.717, 1.165) is 6.07 Å². The van der Waals surface area contributed by atoms with Gasteiger partial charge in [0.25, 0.3) is 0 Å². The quantitative estimate of drug-likeness (QED) is 0.615. The van der Waals surface area contributed by atoms with Crippen LogP contribution in [0.15, 0.2) is 16.9 Å². The van der Waals surface area contributed by atoms with Crippen molar-refractivity contribution in [2.24, 2.45) is 0 Å². The Morgan fingerprint density at radius 3 is 2.85 bits per heavy atom. The van der Waals surface area contributed by atoms with Crippen molar-refractivity contribution in [2.45, 2.75) is 0 Å². The molecule has 13 heavy (non-hydrogen) atoms. The van der Waals surface area contributed by atoms with Gasteiger partial charge >= 0.3 is 5.97 Å². The summed E-state index contributed by atoms with van der Waals surface area (Å²) in [5, 5.41) is 8.47. The summed E-state index contributed by atoms with van der Waals surface area (Å²) < 4.78 is 4.39. The van der Waals surface area contributed by atoms with Gasteiger partial charge in [-0.1, -0.05) is 0 Å². The van der Waals surface area contributed by atoms with Crippen LogP contribution in [0.3, 0.4) is 0 Å². The van der Waals surface area contributed by atoms with Crippen molar-refractivity contribution in [1.29, 1.82) is 5.26 Å². The predicted molar refractivity (Wildman–Crippen MR) is 43.1 cm³/mol. The van der Waals surface area contributed by atoms with Gasteiger partial charge in [-0.3, -0.25) is 4.79 Å². The standard InChI is InChI=1S/C8H6N2O3/c1-13-8(12)5-2-6(4-9)10-7(11)3-5/h2-3H,1H3,(H,10,11). The minimum atomic E-state index is -0.636. The molecule has 0 aliphatic rings. The summed E-state index contributed by atoms with van der Waals surface area (Å²) >= 11 is 0. The highest BCUT2D eigenvalue weighted by Crippen LogP contribution is 1.99. The molecule has 0 amide bonds. The van der Waals surface area contributed by atoms with E-state index in [4.69, 9.17) is 5.26 Å². The van der Waals surface area contributed by atoms with Gasteiger partial charge in [0.2, 0.25) is 5.56 Å². The van der Waals surface area contributed by atoms with Crippen LogP contribution in [0.5, 0.6) is 0 Å². The van der Waals surface area contributed by atoms with Crippen molar-refractivity contribution in [3.63, 3.8) is 0 Å². The SMILES string of the molecule is COC(=O)c1cc(C#N)[nH]c(=O)c1. The number of aromatic amines is 1. The molecule has 1 rings (SSSR count). The van der Waals surface area contributed by atoms with E-state index in [-0.39, 0.29) is 11.3 Å². The van der Waals surface area contributed by atoms with Crippen molar-refractivity contribution < 1.29 is 9.53 Å². The van der Waals surface area contributed by atoms with Gasteiger partial charge in [-0.2, -0.15) is 5.26 Å². The van der Waals surface area contributed by atoms with Crippen LogP contribution in [0.4, 0.5) is 0 Å². The first-order valence-corrected chi connectivity index (χ1v) is 3.40. The summed E-state index contributed by atoms with van der Waals surface area (Å²) in [6, 6.07) is 4.06. The maximum Gasteiger partial charge on any atom is 0.338 e. The normalized spacial score (nSPS) is 8.92. The van der Waals surface area contributed by atoms with Crippen molar-refractivity contribution in [2.75, 3.05) is 7.11 Å². The zero-order valence-electron chi connectivity index (χ0n) is 6.83. The molecule has 0 aliphatic carbocycles. The number of rotatable bonds is 1. The molecular weight excluding hydrogens is 172 g/mol. The first kappa shape index (κ1) is 9.00. The van der Waals surface area contributed by atoms with E-state index < -0.39 is 11.5 Å². The molecule has 0 saturated heterocycles. The maximum absolute atomic E-state index is 10.9. The molecule has 0 spiro atoms. The summed E-state index contributed by atoms with van der Waals surface area (Å²) in [4.78, 5) is 24.1. The summed E-state index contributed by atoms with van der Waals surface area (Å²) in [5.74, 6) is -0.636. The zero-order chi connectivity index (χ0) is 9.84. The molecule has 66 valence electrons. The van der Waals surface area contributed by atoms with E-state index in [9.17, 15) is 9.59 Å². The fraction of sp³-hybridized carbons (Fsp3) is 0.125. The highest BCUT2D eigenvalue weighted by atomic mass is 16.5. The summed E-state index contributed by atoms with van der Waals surface area (Å²) in [7, 11) is 1.20. The average Bonchev–Trinajstić information content (AvgIpc) is 2.15. The number of methoxy groups -OCH3 is 1. The predicted octanol–water partition coefficient (Wildman–Crippen LogP) is 0.0332. The van der Waals surface area contributed by atoms with E-state index in [2.05, 4.69) is 9.72 Å². The van der Waals surface area contributed by atoms with Gasteiger partial charge in [0.1, 0.15) is 11.8 Å². The number of hydrogen-bond acceptors (Lipinski definition) is 4. The second kappa shape index (κ2) is 3.54. The molecular formula is C8H6N2O3. The van der Waals surface area contributed by atoms with Crippen molar-refractivity contribution >= 4 is 5.97 Å². The zero-order valence-corrected chi connectivity index (χ0v) is 6.83. The monoisotopic (exact) mass is 178 g/mol. The number of nitrogens with zero attached hydrogens (tertiary/aromatic N) is 1. The number of nitriles is 1. The smallest absolute Gasteiger partial charge is 0.338 e. The Hall–Kier alpha value is -2.09. The third-order valence-corrected chi connectivity index (χ3v) is 1.39. The van der Waals surface area contributed by atoms with E-state index in [0.29, 0.717) is 0 Å². The highest BCUT2D eigenvalue weighted by Gasteiger charge is 2.07. The Labute approximate surface area is 73.6 Å². The number of hydrogen-bond donors (Lipinski definition) is 1. The van der Waals surface area contributed by atoms with Crippen LogP contribution < -0.4 is 5.56 Å². The molecule has 0 bridgehead atoms. The third kappa shape index (κ3) is 1.93. The average molecular weight is 178 g/mol. The first-order valence-electron chi connectivity index (χ1n) is 3.40. The number of H-pyrrole nitrogens is 1. The van der Waals surface area contributed by atoms with Crippen LogP contribution in [-0.4, -0.2) is 18.1 Å². The summed E-state index contributed by atoms with van der Waals surface area (Å²) in [5.41, 5.74) is -0.393. The molecule has 0 saturated carbocycles. The lowest BCUT2D eigenvalue weighted by atomic mass is 10.2. The van der Waals surface area contributed by atoms with Gasteiger partial charge in [-0.05, 0) is 6.07 Å². The fourth-order valence-electron chi connectivity index (χ4n) is 0.839. The molecule has 5 heteroatoms. The Morgan fingerprint density at radius 1 is 1.62 bits per heavy atom. The molecule has 1 aromatic rings. The van der Waals surface area contributed by atoms with Crippen LogP contribution in [0.25, 0.3) is 0 Å². The van der Waals surface area contributed by atoms with Gasteiger partial charge in [0, 0.05) is 6.07 Å². The molecule has 1 aromatic heterocycles. The molecule has 0 unspecified atom stereocenters. The highest BCUT2D eigenvalue weighted by molar-refractivity contribution is 5.89. The minimum absolute atomic E-state index is 0.0351. The molecule has 0 fully saturated rings. The van der Waals surface area contributed by atoms with Crippen LogP contribution in [0, 0.1) is 11.3 Å². The second-order valence-electron chi connectivity index (χ2n) is 2.25. The number of carbonyl (C=O) groups excluding carboxylic acids is 1. The lowest BCUT2D eigenvalue weighted by Crippen LogP contribution is -2.12. The van der Waals surface area contributed by atoms with Crippen LogP contribution in [-0.2, 0) is 4.74 Å². The van der Waals surface area contributed by atoms with Gasteiger partial charge in [0.05, 0.1) is 12.7 Å². The maximum atomic E-state index is 10.9. The Kier molecular flexibility index (Phi) is 2.45. The number of ether oxygens (including phenoxy) is 1. The Bertz CT molecular complexity index is 428. The molecule has 1 heterocycles. The van der Waals surface area contributed by atoms with E-state index in [1.807, 2.05) is 0 Å². The number of carbonyl (C=O) groups is 1. The van der Waals surface area contributed by atoms with Crippen LogP contribution in [0.2, 0.25) is 0 Å². The van der Waals surface area contributed by atoms with Crippen molar-refractivity contribution in [1.82, 2.24) is 4.98 Å². The van der Waals surface area contributed by atoms with Gasteiger partial charge in [-0.25, -0.2) is 4.79 Å². The molecule has 5 nitrogen and oxygen atoms in total. The van der Waals surface area contributed by atoms with Gasteiger partial charge < -0.3 is 9.72 Å². The molecule has 0 atom stereocenters. The largest absolute Gasteiger partial charge is 0.465 e. The van der Waals surface area contributed by atoms with Gasteiger partial charge in [0.15, 0.2) is 0 Å².